The molecule has 1 aromatic carbocycles. The van der Waals surface area contributed by atoms with Gasteiger partial charge in [-0.2, -0.15) is 0 Å². The van der Waals surface area contributed by atoms with Crippen molar-refractivity contribution in [3.05, 3.63) is 34.9 Å². The van der Waals surface area contributed by atoms with Crippen LogP contribution in [0.5, 0.6) is 0 Å². The normalized spacial score (nSPS) is 20.2. The molecule has 1 atom stereocenters. The summed E-state index contributed by atoms with van der Waals surface area (Å²) in [5.41, 5.74) is 3.51. The average molecular weight is 233 g/mol. The molecule has 1 saturated heterocycles. The van der Waals surface area contributed by atoms with Crippen molar-refractivity contribution in [3.63, 3.8) is 0 Å². The van der Waals surface area contributed by atoms with Gasteiger partial charge in [-0.3, -0.25) is 4.79 Å². The third-order valence-electron chi connectivity index (χ3n) is 3.18. The lowest BCUT2D eigenvalue weighted by Gasteiger charge is -2.22. The van der Waals surface area contributed by atoms with Crippen LogP contribution in [0.15, 0.2) is 18.2 Å². The summed E-state index contributed by atoms with van der Waals surface area (Å²) < 4.78 is 5.31. The van der Waals surface area contributed by atoms with Gasteiger partial charge in [-0.1, -0.05) is 23.8 Å². The topological polar surface area (TPSA) is 38.3 Å². The molecule has 1 aliphatic heterocycles. The summed E-state index contributed by atoms with van der Waals surface area (Å²) in [5, 5.41) is 3.20. The van der Waals surface area contributed by atoms with Crippen molar-refractivity contribution in [3.8, 4) is 0 Å². The average Bonchev–Trinajstić information content (AvgIpc) is 2.35. The van der Waals surface area contributed by atoms with Gasteiger partial charge < -0.3 is 10.1 Å². The number of hydrogen-bond donors (Lipinski definition) is 1. The van der Waals surface area contributed by atoms with Gasteiger partial charge in [0, 0.05) is 13.0 Å². The molecule has 2 rings (SSSR count). The Labute approximate surface area is 102 Å². The molecule has 0 spiro atoms. The Hall–Kier alpha value is -1.19. The van der Waals surface area contributed by atoms with E-state index in [0.717, 1.165) is 12.1 Å². The fourth-order valence-corrected chi connectivity index (χ4v) is 2.07. The summed E-state index contributed by atoms with van der Waals surface area (Å²) in [6.45, 7) is 6.07. The Morgan fingerprint density at radius 2 is 2.29 bits per heavy atom. The third-order valence-corrected chi connectivity index (χ3v) is 3.18. The lowest BCUT2D eigenvalue weighted by Crippen LogP contribution is -2.47. The first kappa shape index (κ1) is 12.3. The van der Waals surface area contributed by atoms with E-state index in [0.29, 0.717) is 19.6 Å². The molecule has 0 amide bonds. The Morgan fingerprint density at radius 3 is 3.00 bits per heavy atom. The van der Waals surface area contributed by atoms with Gasteiger partial charge >= 0.3 is 0 Å². The van der Waals surface area contributed by atoms with Crippen LogP contribution in [0.2, 0.25) is 0 Å². The predicted octanol–water partition coefficient (Wildman–Crippen LogP) is 1.40. The summed E-state index contributed by atoms with van der Waals surface area (Å²) in [4.78, 5) is 12.1. The molecule has 1 heterocycles. The molecular formula is C14H19NO2. The van der Waals surface area contributed by atoms with Crippen molar-refractivity contribution in [2.24, 2.45) is 0 Å². The van der Waals surface area contributed by atoms with Crippen LogP contribution in [-0.2, 0) is 16.0 Å². The van der Waals surface area contributed by atoms with Crippen LogP contribution in [-0.4, -0.2) is 31.6 Å². The summed E-state index contributed by atoms with van der Waals surface area (Å²) in [6.07, 6.45) is 0.495. The van der Waals surface area contributed by atoms with Gasteiger partial charge in [-0.15, -0.1) is 0 Å². The van der Waals surface area contributed by atoms with Crippen molar-refractivity contribution >= 4 is 5.78 Å². The first-order valence-electron chi connectivity index (χ1n) is 6.07. The third kappa shape index (κ3) is 3.14. The second-order valence-corrected chi connectivity index (χ2v) is 4.65. The smallest absolute Gasteiger partial charge is 0.156 e. The number of rotatable bonds is 3. The first-order valence-corrected chi connectivity index (χ1v) is 6.07. The molecule has 1 aliphatic rings. The molecule has 1 fully saturated rings. The molecule has 1 N–H and O–H groups in total. The van der Waals surface area contributed by atoms with Crippen molar-refractivity contribution in [1.82, 2.24) is 5.32 Å². The number of ether oxygens (including phenoxy) is 1. The Bertz CT molecular complexity index is 409. The zero-order valence-electron chi connectivity index (χ0n) is 10.5. The second kappa shape index (κ2) is 5.43. The number of hydrogen-bond acceptors (Lipinski definition) is 3. The molecule has 0 bridgehead atoms. The van der Waals surface area contributed by atoms with Gasteiger partial charge in [0.15, 0.2) is 5.78 Å². The van der Waals surface area contributed by atoms with Gasteiger partial charge in [0.05, 0.1) is 19.3 Å². The summed E-state index contributed by atoms with van der Waals surface area (Å²) in [5.74, 6) is 0.221. The van der Waals surface area contributed by atoms with Gasteiger partial charge in [-0.25, -0.2) is 0 Å². The van der Waals surface area contributed by atoms with Gasteiger partial charge in [0.2, 0.25) is 0 Å². The zero-order valence-corrected chi connectivity index (χ0v) is 10.5. The van der Waals surface area contributed by atoms with Gasteiger partial charge in [-0.05, 0) is 25.0 Å². The summed E-state index contributed by atoms with van der Waals surface area (Å²) in [6, 6.07) is 6.11. The Morgan fingerprint density at radius 1 is 1.47 bits per heavy atom. The van der Waals surface area contributed by atoms with Crippen LogP contribution in [0.25, 0.3) is 0 Å². The highest BCUT2D eigenvalue weighted by Crippen LogP contribution is 2.12. The fraction of sp³-hybridized carbons (Fsp3) is 0.500. The van der Waals surface area contributed by atoms with Gasteiger partial charge in [0.1, 0.15) is 0 Å². The van der Waals surface area contributed by atoms with Crippen molar-refractivity contribution in [1.29, 1.82) is 0 Å². The molecule has 0 aliphatic carbocycles. The molecule has 1 aromatic rings. The van der Waals surface area contributed by atoms with E-state index < -0.39 is 0 Å². The molecule has 92 valence electrons. The molecule has 17 heavy (non-hydrogen) atoms. The molecule has 0 saturated carbocycles. The van der Waals surface area contributed by atoms with E-state index in [9.17, 15) is 4.79 Å². The molecule has 0 aromatic heterocycles. The number of morpholine rings is 1. The zero-order chi connectivity index (χ0) is 12.3. The van der Waals surface area contributed by atoms with E-state index in [1.165, 1.54) is 11.1 Å². The lowest BCUT2D eigenvalue weighted by molar-refractivity contribution is -0.123. The number of carbonyl (C=O) groups excluding carboxylic acids is 1. The number of ketones is 1. The van der Waals surface area contributed by atoms with Crippen LogP contribution < -0.4 is 5.32 Å². The molecular weight excluding hydrogens is 214 g/mol. The van der Waals surface area contributed by atoms with Crippen LogP contribution in [0.4, 0.5) is 0 Å². The minimum atomic E-state index is -0.135. The maximum atomic E-state index is 12.1. The predicted molar refractivity (Wildman–Crippen MR) is 67.2 cm³/mol. The van der Waals surface area contributed by atoms with Gasteiger partial charge in [0.25, 0.3) is 0 Å². The van der Waals surface area contributed by atoms with E-state index >= 15 is 0 Å². The van der Waals surface area contributed by atoms with E-state index in [4.69, 9.17) is 4.74 Å². The van der Waals surface area contributed by atoms with Crippen LogP contribution in [0, 0.1) is 13.8 Å². The maximum absolute atomic E-state index is 12.1. The monoisotopic (exact) mass is 233 g/mol. The lowest BCUT2D eigenvalue weighted by atomic mass is 9.98. The number of Topliss-reactive ketones (excluding diaryl/α,β-unsaturated/α-hetero) is 1. The fourth-order valence-electron chi connectivity index (χ4n) is 2.07. The van der Waals surface area contributed by atoms with Crippen LogP contribution >= 0.6 is 0 Å². The van der Waals surface area contributed by atoms with E-state index in [-0.39, 0.29) is 11.8 Å². The number of carbonyl (C=O) groups is 1. The Kier molecular flexibility index (Phi) is 3.92. The maximum Gasteiger partial charge on any atom is 0.156 e. The summed E-state index contributed by atoms with van der Waals surface area (Å²) >= 11 is 0. The van der Waals surface area contributed by atoms with Crippen molar-refractivity contribution in [2.45, 2.75) is 26.3 Å². The number of benzene rings is 1. The SMILES string of the molecule is Cc1ccc(C)c(CC(=O)C2COCCN2)c1. The quantitative estimate of drug-likeness (QED) is 0.857. The first-order chi connectivity index (χ1) is 8.16. The minimum Gasteiger partial charge on any atom is -0.378 e. The van der Waals surface area contributed by atoms with Crippen LogP contribution in [0.3, 0.4) is 0 Å². The standard InChI is InChI=1S/C14H19NO2/c1-10-3-4-11(2)12(7-10)8-14(16)13-9-17-6-5-15-13/h3-4,7,13,15H,5-6,8-9H2,1-2H3. The highest BCUT2D eigenvalue weighted by molar-refractivity contribution is 5.86. The highest BCUT2D eigenvalue weighted by Gasteiger charge is 2.21. The second-order valence-electron chi connectivity index (χ2n) is 4.65. The van der Waals surface area contributed by atoms with E-state index in [2.05, 4.69) is 30.4 Å². The van der Waals surface area contributed by atoms with Crippen LogP contribution in [0.1, 0.15) is 16.7 Å². The Balaban J connectivity index is 2.04. The van der Waals surface area contributed by atoms with Crippen molar-refractivity contribution in [2.75, 3.05) is 19.8 Å². The van der Waals surface area contributed by atoms with Crippen molar-refractivity contribution < 1.29 is 9.53 Å². The minimum absolute atomic E-state index is 0.135. The largest absolute Gasteiger partial charge is 0.378 e. The number of aryl methyl sites for hydroxylation is 2. The summed E-state index contributed by atoms with van der Waals surface area (Å²) in [7, 11) is 0. The molecule has 0 radical (unpaired) electrons. The number of nitrogens with one attached hydrogen (secondary N) is 1. The molecule has 1 unspecified atom stereocenters. The molecule has 3 heteroatoms. The molecule has 3 nitrogen and oxygen atoms in total. The highest BCUT2D eigenvalue weighted by atomic mass is 16.5. The van der Waals surface area contributed by atoms with E-state index in [1.807, 2.05) is 6.92 Å². The van der Waals surface area contributed by atoms with E-state index in [1.54, 1.807) is 0 Å².